The summed E-state index contributed by atoms with van der Waals surface area (Å²) in [6, 6.07) is 12.8. The van der Waals surface area contributed by atoms with Gasteiger partial charge < -0.3 is 19.2 Å². The van der Waals surface area contributed by atoms with Gasteiger partial charge in [0.25, 0.3) is 5.91 Å². The summed E-state index contributed by atoms with van der Waals surface area (Å²) < 4.78 is 18.2. The van der Waals surface area contributed by atoms with Crippen molar-refractivity contribution in [3.05, 3.63) is 68.1 Å². The van der Waals surface area contributed by atoms with Gasteiger partial charge in [0.05, 0.1) is 29.9 Å². The quantitative estimate of drug-likeness (QED) is 0.238. The number of thiocarbonyl (C=S) groups is 1. The predicted molar refractivity (Wildman–Crippen MR) is 148 cm³/mol. The number of anilines is 1. The predicted octanol–water partition coefficient (Wildman–Crippen LogP) is 6.78. The molecule has 0 spiro atoms. The van der Waals surface area contributed by atoms with Crippen molar-refractivity contribution in [3.63, 3.8) is 0 Å². The van der Waals surface area contributed by atoms with Crippen LogP contribution in [0.1, 0.15) is 21.5 Å². The molecule has 0 fully saturated rings. The second-order valence-electron chi connectivity index (χ2n) is 7.71. The Bertz CT molecular complexity index is 1430. The van der Waals surface area contributed by atoms with E-state index in [2.05, 4.69) is 47.5 Å². The van der Waals surface area contributed by atoms with Crippen LogP contribution in [0.15, 0.2) is 55.8 Å². The third-order valence-corrected chi connectivity index (χ3v) is 6.63. The van der Waals surface area contributed by atoms with Gasteiger partial charge in [0.2, 0.25) is 5.89 Å². The minimum Gasteiger partial charge on any atom is -0.495 e. The molecule has 0 atom stereocenters. The number of rotatable bonds is 5. The van der Waals surface area contributed by atoms with Crippen LogP contribution in [0.25, 0.3) is 22.6 Å². The van der Waals surface area contributed by atoms with Gasteiger partial charge in [-0.05, 0) is 95.6 Å². The largest absolute Gasteiger partial charge is 0.495 e. The lowest BCUT2D eigenvalue weighted by Crippen LogP contribution is -2.34. The van der Waals surface area contributed by atoms with Crippen LogP contribution in [0.2, 0.25) is 0 Å². The van der Waals surface area contributed by atoms with E-state index in [4.69, 9.17) is 26.1 Å². The van der Waals surface area contributed by atoms with Crippen LogP contribution in [0.5, 0.6) is 11.5 Å². The average Bonchev–Trinajstić information content (AvgIpc) is 3.21. The number of nitrogens with zero attached hydrogens (tertiary/aromatic N) is 1. The fraction of sp³-hybridized carbons (Fsp3) is 0.160. The highest BCUT2D eigenvalue weighted by Crippen LogP contribution is 2.34. The molecule has 180 valence electrons. The Hall–Kier alpha value is -2.95. The first-order valence-corrected chi connectivity index (χ1v) is 12.4. The van der Waals surface area contributed by atoms with E-state index < -0.39 is 5.91 Å². The number of hydrogen-bond donors (Lipinski definition) is 2. The smallest absolute Gasteiger partial charge is 0.261 e. The maximum atomic E-state index is 12.9. The number of ether oxygens (including phenoxy) is 2. The molecule has 0 aliphatic carbocycles. The van der Waals surface area contributed by atoms with Crippen molar-refractivity contribution >= 4 is 71.9 Å². The molecule has 3 aromatic carbocycles. The molecule has 0 saturated carbocycles. The zero-order valence-electron chi connectivity index (χ0n) is 19.3. The maximum Gasteiger partial charge on any atom is 0.261 e. The first-order valence-electron chi connectivity index (χ1n) is 10.4. The number of carbonyl (C=O) groups excluding carboxylic acids is 1. The van der Waals surface area contributed by atoms with Crippen molar-refractivity contribution < 1.29 is 18.7 Å². The van der Waals surface area contributed by atoms with Crippen molar-refractivity contribution in [3.8, 4) is 23.0 Å². The minimum atomic E-state index is -0.429. The Morgan fingerprint density at radius 2 is 1.77 bits per heavy atom. The lowest BCUT2D eigenvalue weighted by molar-refractivity contribution is 0.0974. The molecule has 4 rings (SSSR count). The molecule has 0 aliphatic rings. The van der Waals surface area contributed by atoms with Gasteiger partial charge in [-0.2, -0.15) is 0 Å². The van der Waals surface area contributed by atoms with Gasteiger partial charge in [0.1, 0.15) is 17.0 Å². The minimum absolute atomic E-state index is 0.0902. The maximum absolute atomic E-state index is 12.9. The fourth-order valence-corrected chi connectivity index (χ4v) is 5.09. The monoisotopic (exact) mass is 617 g/mol. The SMILES string of the molecule is COc1ccc(-c2nc3cc(C)c(C)cc3o2)cc1NC(=S)NC(=O)c1cc(Br)cc(Br)c1OC. The van der Waals surface area contributed by atoms with Crippen LogP contribution >= 0.6 is 44.1 Å². The number of halogens is 2. The summed E-state index contributed by atoms with van der Waals surface area (Å²) in [4.78, 5) is 17.5. The van der Waals surface area contributed by atoms with E-state index in [1.165, 1.54) is 7.11 Å². The number of nitrogens with one attached hydrogen (secondary N) is 2. The van der Waals surface area contributed by atoms with E-state index in [9.17, 15) is 4.79 Å². The number of benzene rings is 3. The van der Waals surface area contributed by atoms with E-state index in [1.54, 1.807) is 31.4 Å². The number of aryl methyl sites for hydroxylation is 2. The van der Waals surface area contributed by atoms with E-state index in [-0.39, 0.29) is 5.11 Å². The van der Waals surface area contributed by atoms with E-state index in [0.29, 0.717) is 43.2 Å². The van der Waals surface area contributed by atoms with Crippen LogP contribution in [0.4, 0.5) is 5.69 Å². The summed E-state index contributed by atoms with van der Waals surface area (Å²) in [5, 5.41) is 5.81. The van der Waals surface area contributed by atoms with Crippen LogP contribution in [-0.4, -0.2) is 30.2 Å². The lowest BCUT2D eigenvalue weighted by atomic mass is 10.1. The molecule has 0 saturated heterocycles. The Balaban J connectivity index is 1.59. The average molecular weight is 619 g/mol. The third kappa shape index (κ3) is 5.34. The molecule has 4 aromatic rings. The summed E-state index contributed by atoms with van der Waals surface area (Å²) >= 11 is 12.2. The van der Waals surface area contributed by atoms with E-state index in [0.717, 1.165) is 22.2 Å². The Labute approximate surface area is 224 Å². The summed E-state index contributed by atoms with van der Waals surface area (Å²) in [6.45, 7) is 4.07. The molecule has 0 aliphatic heterocycles. The second kappa shape index (κ2) is 10.3. The number of fused-ring (bicyclic) bond motifs is 1. The first-order chi connectivity index (χ1) is 16.7. The second-order valence-corrected chi connectivity index (χ2v) is 9.89. The van der Waals surface area contributed by atoms with Crippen LogP contribution < -0.4 is 20.1 Å². The molecule has 7 nitrogen and oxygen atoms in total. The van der Waals surface area contributed by atoms with Gasteiger partial charge in [-0.25, -0.2) is 4.98 Å². The molecule has 0 radical (unpaired) electrons. The zero-order chi connectivity index (χ0) is 25.3. The van der Waals surface area contributed by atoms with Gasteiger partial charge in [0.15, 0.2) is 10.7 Å². The number of amides is 1. The van der Waals surface area contributed by atoms with Crippen molar-refractivity contribution in [1.29, 1.82) is 0 Å². The molecule has 0 bridgehead atoms. The highest BCUT2D eigenvalue weighted by atomic mass is 79.9. The van der Waals surface area contributed by atoms with E-state index in [1.807, 2.05) is 32.0 Å². The Morgan fingerprint density at radius 3 is 2.49 bits per heavy atom. The summed E-state index contributed by atoms with van der Waals surface area (Å²) in [7, 11) is 3.04. The third-order valence-electron chi connectivity index (χ3n) is 5.38. The van der Waals surface area contributed by atoms with Gasteiger partial charge in [-0.1, -0.05) is 15.9 Å². The summed E-state index contributed by atoms with van der Waals surface area (Å²) in [5.41, 5.74) is 5.36. The molecule has 1 heterocycles. The van der Waals surface area contributed by atoms with Crippen molar-refractivity contribution in [2.45, 2.75) is 13.8 Å². The number of carbonyl (C=O) groups is 1. The number of hydrogen-bond acceptors (Lipinski definition) is 6. The lowest BCUT2D eigenvalue weighted by Gasteiger charge is -2.15. The topological polar surface area (TPSA) is 85.6 Å². The molecular formula is C25H21Br2N3O4S. The van der Waals surface area contributed by atoms with E-state index >= 15 is 0 Å². The normalized spacial score (nSPS) is 10.8. The van der Waals surface area contributed by atoms with Gasteiger partial charge in [0, 0.05) is 10.0 Å². The van der Waals surface area contributed by atoms with Crippen molar-refractivity contribution in [2.75, 3.05) is 19.5 Å². The van der Waals surface area contributed by atoms with Crippen molar-refractivity contribution in [1.82, 2.24) is 10.3 Å². The van der Waals surface area contributed by atoms with Crippen LogP contribution in [0, 0.1) is 13.8 Å². The first kappa shape index (κ1) is 25.2. The highest BCUT2D eigenvalue weighted by molar-refractivity contribution is 9.11. The molecule has 0 unspecified atom stereocenters. The Morgan fingerprint density at radius 1 is 1.03 bits per heavy atom. The van der Waals surface area contributed by atoms with Gasteiger partial charge in [-0.3, -0.25) is 10.1 Å². The van der Waals surface area contributed by atoms with Gasteiger partial charge in [-0.15, -0.1) is 0 Å². The standard InChI is InChI=1S/C25H21Br2N3O4S/c1-12-7-18-21(8-13(12)2)34-24(28-18)14-5-6-20(32-3)19(9-14)29-25(35)30-23(31)16-10-15(26)11-17(27)22(16)33-4/h5-11H,1-4H3,(H2,29,30,31,35). The number of aromatic nitrogens is 1. The molecule has 2 N–H and O–H groups in total. The fourth-order valence-electron chi connectivity index (χ4n) is 3.50. The number of methoxy groups -OCH3 is 2. The molecular weight excluding hydrogens is 598 g/mol. The van der Waals surface area contributed by atoms with Crippen molar-refractivity contribution in [2.24, 2.45) is 0 Å². The molecule has 1 amide bonds. The summed E-state index contributed by atoms with van der Waals surface area (Å²) in [6.07, 6.45) is 0. The van der Waals surface area contributed by atoms with Gasteiger partial charge >= 0.3 is 0 Å². The zero-order valence-corrected chi connectivity index (χ0v) is 23.3. The Kier molecular flexibility index (Phi) is 7.44. The molecule has 10 heteroatoms. The molecule has 35 heavy (non-hydrogen) atoms. The highest BCUT2D eigenvalue weighted by Gasteiger charge is 2.19. The molecule has 1 aromatic heterocycles. The number of oxazole rings is 1. The summed E-state index contributed by atoms with van der Waals surface area (Å²) in [5.74, 6) is 0.973. The van der Waals surface area contributed by atoms with Crippen LogP contribution in [0.3, 0.4) is 0 Å². The van der Waals surface area contributed by atoms with Crippen LogP contribution in [-0.2, 0) is 0 Å².